The molecule has 4 heteroatoms. The topological polar surface area (TPSA) is 29.0 Å². The molecule has 2 rings (SSSR count). The molecule has 2 N–H and O–H groups in total. The van der Waals surface area contributed by atoms with Gasteiger partial charge in [0.2, 0.25) is 0 Å². The van der Waals surface area contributed by atoms with Crippen LogP contribution in [0.3, 0.4) is 0 Å². The maximum atomic E-state index is 4.58. The molecule has 1 unspecified atom stereocenters. The molecule has 0 aliphatic carbocycles. The summed E-state index contributed by atoms with van der Waals surface area (Å²) >= 11 is 1.87. The Balaban J connectivity index is 0.00000144. The summed E-state index contributed by atoms with van der Waals surface area (Å²) in [6.07, 6.45) is 0. The Hall–Kier alpha value is -0.510. The van der Waals surface area contributed by atoms with Crippen LogP contribution in [-0.2, 0) is 0 Å². The highest BCUT2D eigenvalue weighted by molar-refractivity contribution is 8.15. The Morgan fingerprint density at radius 2 is 1.76 bits per heavy atom. The van der Waals surface area contributed by atoms with E-state index >= 15 is 0 Å². The largest absolute Gasteiger partial charge is 1.00 e. The first-order valence-electron chi connectivity index (χ1n) is 5.59. The molecular weight excluding hydrogens is 252 g/mol. The summed E-state index contributed by atoms with van der Waals surface area (Å²) in [5, 5.41) is 5.72. The summed E-state index contributed by atoms with van der Waals surface area (Å²) in [4.78, 5) is 0.0954. The molecule has 1 heterocycles. The van der Waals surface area contributed by atoms with E-state index in [1.54, 1.807) is 0 Å². The lowest BCUT2D eigenvalue weighted by atomic mass is 9.88. The molecule has 0 radical (unpaired) electrons. The molecule has 1 atom stereocenters. The van der Waals surface area contributed by atoms with Crippen molar-refractivity contribution in [2.45, 2.75) is 32.6 Å². The summed E-state index contributed by atoms with van der Waals surface area (Å²) in [7, 11) is 0. The van der Waals surface area contributed by atoms with Crippen LogP contribution in [0.4, 0.5) is 0 Å². The molecule has 94 valence electrons. The maximum absolute atomic E-state index is 4.58. The summed E-state index contributed by atoms with van der Waals surface area (Å²) in [5.41, 5.74) is 3.54. The van der Waals surface area contributed by atoms with Crippen LogP contribution in [-0.4, -0.2) is 9.91 Å². The standard InChI is InChI=1S/C13H18N2S.ClH/c1-12(2,3)13(4)15-14-11(16-13)10-8-6-5-7-9-10;/h5-9,15H,1-4H3;1H. The molecule has 2 nitrogen and oxygen atoms in total. The molecule has 1 aliphatic heterocycles. The van der Waals surface area contributed by atoms with Crippen LogP contribution < -0.4 is 17.8 Å². The molecule has 0 amide bonds. The molecule has 0 fully saturated rings. The van der Waals surface area contributed by atoms with Gasteiger partial charge >= 0.3 is 0 Å². The number of hydrogen-bond donors (Lipinski definition) is 1. The van der Waals surface area contributed by atoms with Crippen molar-refractivity contribution < 1.29 is 17.8 Å². The zero-order chi connectivity index (χ0) is 11.8. The molecule has 1 aromatic carbocycles. The molecule has 17 heavy (non-hydrogen) atoms. The van der Waals surface area contributed by atoms with E-state index in [1.807, 2.05) is 17.8 Å². The number of nitrogens with zero attached hydrogens (tertiary/aromatic N) is 1. The number of quaternary nitrogens is 1. The Kier molecular flexibility index (Phi) is 4.28. The van der Waals surface area contributed by atoms with Crippen LogP contribution in [0.25, 0.3) is 0 Å². The van der Waals surface area contributed by atoms with E-state index in [2.05, 4.69) is 62.5 Å². The normalized spacial score (nSPS) is 24.1. The molecule has 0 bridgehead atoms. The lowest BCUT2D eigenvalue weighted by Crippen LogP contribution is -3.00. The first kappa shape index (κ1) is 14.6. The lowest BCUT2D eigenvalue weighted by molar-refractivity contribution is -0.714. The average molecular weight is 271 g/mol. The van der Waals surface area contributed by atoms with E-state index in [9.17, 15) is 0 Å². The van der Waals surface area contributed by atoms with E-state index in [0.29, 0.717) is 0 Å². The zero-order valence-corrected chi connectivity index (χ0v) is 12.3. The second-order valence-corrected chi connectivity index (χ2v) is 6.83. The van der Waals surface area contributed by atoms with Crippen LogP contribution in [0.15, 0.2) is 35.4 Å². The highest BCUT2D eigenvalue weighted by Crippen LogP contribution is 2.40. The summed E-state index contributed by atoms with van der Waals surface area (Å²) in [6.45, 7) is 9.05. The third kappa shape index (κ3) is 2.84. The van der Waals surface area contributed by atoms with Crippen LogP contribution in [0.1, 0.15) is 33.3 Å². The van der Waals surface area contributed by atoms with Crippen molar-refractivity contribution in [3.8, 4) is 0 Å². The van der Waals surface area contributed by atoms with Crippen molar-refractivity contribution >= 4 is 16.8 Å². The molecule has 0 saturated carbocycles. The quantitative estimate of drug-likeness (QED) is 0.680. The van der Waals surface area contributed by atoms with Crippen molar-refractivity contribution in [2.24, 2.45) is 10.5 Å². The minimum absolute atomic E-state index is 0. The van der Waals surface area contributed by atoms with E-state index in [1.165, 1.54) is 5.56 Å². The van der Waals surface area contributed by atoms with Gasteiger partial charge in [-0.3, -0.25) is 0 Å². The molecule has 0 aromatic heterocycles. The number of benzene rings is 1. The number of nitrogens with two attached hydrogens (primary N) is 1. The number of hydrogen-bond acceptors (Lipinski definition) is 2. The molecule has 0 saturated heterocycles. The fourth-order valence-corrected chi connectivity index (χ4v) is 2.67. The fraction of sp³-hybridized carbons (Fsp3) is 0.462. The summed E-state index contributed by atoms with van der Waals surface area (Å²) in [6, 6.07) is 10.4. The van der Waals surface area contributed by atoms with E-state index < -0.39 is 0 Å². The van der Waals surface area contributed by atoms with Crippen LogP contribution in [0, 0.1) is 5.41 Å². The predicted octanol–water partition coefficient (Wildman–Crippen LogP) is -0.575. The smallest absolute Gasteiger partial charge is 0.174 e. The highest BCUT2D eigenvalue weighted by atomic mass is 35.5. The Bertz CT molecular complexity index is 411. The average Bonchev–Trinajstić information content (AvgIpc) is 2.63. The van der Waals surface area contributed by atoms with Gasteiger partial charge in [0.15, 0.2) is 9.91 Å². The van der Waals surface area contributed by atoms with Crippen LogP contribution in [0.2, 0.25) is 0 Å². The van der Waals surface area contributed by atoms with Gasteiger partial charge in [0.1, 0.15) is 0 Å². The van der Waals surface area contributed by atoms with Gasteiger partial charge in [-0.25, -0.2) is 5.43 Å². The maximum Gasteiger partial charge on any atom is 0.174 e. The highest BCUT2D eigenvalue weighted by Gasteiger charge is 2.47. The van der Waals surface area contributed by atoms with Crippen LogP contribution in [0.5, 0.6) is 0 Å². The minimum Gasteiger partial charge on any atom is -1.00 e. The Labute approximate surface area is 114 Å². The summed E-state index contributed by atoms with van der Waals surface area (Å²) in [5.74, 6) is 0. The van der Waals surface area contributed by atoms with Crippen LogP contribution >= 0.6 is 11.8 Å². The van der Waals surface area contributed by atoms with Crippen molar-refractivity contribution in [2.75, 3.05) is 0 Å². The first-order chi connectivity index (χ1) is 7.42. The fourth-order valence-electron chi connectivity index (χ4n) is 1.50. The molecule has 1 aromatic rings. The van der Waals surface area contributed by atoms with Crippen molar-refractivity contribution in [1.82, 2.24) is 0 Å². The van der Waals surface area contributed by atoms with Gasteiger partial charge in [-0.05, 0) is 11.8 Å². The third-order valence-corrected chi connectivity index (χ3v) is 4.92. The van der Waals surface area contributed by atoms with E-state index in [4.69, 9.17) is 0 Å². The number of rotatable bonds is 1. The minimum atomic E-state index is 0. The monoisotopic (exact) mass is 270 g/mol. The van der Waals surface area contributed by atoms with Gasteiger partial charge in [0, 0.05) is 17.9 Å². The van der Waals surface area contributed by atoms with Gasteiger partial charge in [-0.2, -0.15) is 0 Å². The van der Waals surface area contributed by atoms with Crippen molar-refractivity contribution in [3.63, 3.8) is 0 Å². The predicted molar refractivity (Wildman–Crippen MR) is 70.4 cm³/mol. The van der Waals surface area contributed by atoms with E-state index in [0.717, 1.165) is 5.04 Å². The van der Waals surface area contributed by atoms with Gasteiger partial charge in [0.05, 0.1) is 0 Å². The lowest BCUT2D eigenvalue weighted by Gasteiger charge is -2.32. The van der Waals surface area contributed by atoms with Gasteiger partial charge in [-0.15, -0.1) is 0 Å². The Morgan fingerprint density at radius 3 is 2.24 bits per heavy atom. The van der Waals surface area contributed by atoms with Crippen molar-refractivity contribution in [1.29, 1.82) is 0 Å². The van der Waals surface area contributed by atoms with E-state index in [-0.39, 0.29) is 22.7 Å². The molecular formula is C13H19ClN2S. The first-order valence-corrected chi connectivity index (χ1v) is 6.41. The summed E-state index contributed by atoms with van der Waals surface area (Å²) < 4.78 is 0. The van der Waals surface area contributed by atoms with Gasteiger partial charge in [0.25, 0.3) is 0 Å². The second kappa shape index (κ2) is 5.01. The van der Waals surface area contributed by atoms with Crippen molar-refractivity contribution in [3.05, 3.63) is 35.9 Å². The Morgan fingerprint density at radius 1 is 1.18 bits per heavy atom. The SMILES string of the molecule is CC(C)(C)C1(C)[NH2+]N=C(c2ccccc2)S1.[Cl-]. The number of thioether (sulfide) groups is 1. The third-order valence-electron chi connectivity index (χ3n) is 3.25. The number of halogens is 1. The second-order valence-electron chi connectivity index (χ2n) is 5.39. The molecule has 0 spiro atoms. The zero-order valence-electron chi connectivity index (χ0n) is 10.7. The van der Waals surface area contributed by atoms with Gasteiger partial charge < -0.3 is 12.4 Å². The van der Waals surface area contributed by atoms with Gasteiger partial charge in [-0.1, -0.05) is 56.2 Å². The molecule has 1 aliphatic rings.